The summed E-state index contributed by atoms with van der Waals surface area (Å²) in [4.78, 5) is 43.9. The van der Waals surface area contributed by atoms with Crippen LogP contribution in [-0.2, 0) is 4.84 Å². The van der Waals surface area contributed by atoms with Crippen molar-refractivity contribution in [3.05, 3.63) is 33.4 Å². The first-order valence-corrected chi connectivity index (χ1v) is 10.2. The first-order valence-electron chi connectivity index (χ1n) is 10.2. The van der Waals surface area contributed by atoms with Gasteiger partial charge in [0.2, 0.25) is 5.43 Å². The van der Waals surface area contributed by atoms with Crippen molar-refractivity contribution < 1.29 is 23.9 Å². The average molecular weight is 445 g/mol. The fraction of sp³-hybridized carbons (Fsp3) is 0.429. The molecule has 32 heavy (non-hydrogen) atoms. The fourth-order valence-electron chi connectivity index (χ4n) is 4.38. The zero-order valence-corrected chi connectivity index (χ0v) is 17.7. The molecule has 1 aliphatic heterocycles. The maximum atomic E-state index is 15.7. The van der Waals surface area contributed by atoms with E-state index in [1.807, 2.05) is 0 Å². The van der Waals surface area contributed by atoms with Crippen LogP contribution in [0.4, 0.5) is 15.8 Å². The highest BCUT2D eigenvalue weighted by molar-refractivity contribution is 6.15. The number of nitrogen functional groups attached to an aromatic ring is 1. The monoisotopic (exact) mass is 445 g/mol. The summed E-state index contributed by atoms with van der Waals surface area (Å²) in [5, 5.41) is 13.2. The number of oxime groups is 1. The Bertz CT molecular complexity index is 1230. The van der Waals surface area contributed by atoms with E-state index < -0.39 is 34.2 Å². The molecule has 1 unspecified atom stereocenters. The number of Topliss-reactive ketones (excluding diaryl/α,β-unsaturated/α-hetero) is 1. The minimum Gasteiger partial charge on any atom is -0.477 e. The van der Waals surface area contributed by atoms with Gasteiger partial charge in [0.15, 0.2) is 11.6 Å². The number of carbonyl (C=O) groups is 2. The summed E-state index contributed by atoms with van der Waals surface area (Å²) in [5.74, 6) is -3.07. The maximum Gasteiger partial charge on any atom is 0.341 e. The molecule has 1 saturated carbocycles. The number of aromatic carboxylic acids is 1. The molecule has 10 nitrogen and oxygen atoms in total. The third kappa shape index (κ3) is 3.29. The van der Waals surface area contributed by atoms with Crippen LogP contribution in [0.3, 0.4) is 0 Å². The van der Waals surface area contributed by atoms with Gasteiger partial charge in [-0.2, -0.15) is 0 Å². The highest BCUT2D eigenvalue weighted by atomic mass is 19.1. The Balaban J connectivity index is 2.08. The third-order valence-corrected chi connectivity index (χ3v) is 6.02. The molecule has 0 radical (unpaired) electrons. The number of pyridine rings is 1. The molecule has 0 amide bonds. The second kappa shape index (κ2) is 7.90. The molecule has 0 spiro atoms. The van der Waals surface area contributed by atoms with Crippen LogP contribution in [0.1, 0.15) is 46.5 Å². The number of anilines is 2. The van der Waals surface area contributed by atoms with E-state index in [1.165, 1.54) is 20.2 Å². The molecule has 11 heteroatoms. The van der Waals surface area contributed by atoms with Crippen LogP contribution in [0, 0.1) is 11.7 Å². The van der Waals surface area contributed by atoms with Crippen LogP contribution in [0.2, 0.25) is 0 Å². The molecule has 1 aromatic carbocycles. The second-order valence-electron chi connectivity index (χ2n) is 8.12. The van der Waals surface area contributed by atoms with Crippen LogP contribution in [0.5, 0.6) is 0 Å². The van der Waals surface area contributed by atoms with Crippen molar-refractivity contribution in [2.45, 2.75) is 25.8 Å². The van der Waals surface area contributed by atoms with E-state index in [1.54, 1.807) is 9.47 Å². The van der Waals surface area contributed by atoms with Crippen LogP contribution in [0.25, 0.3) is 10.9 Å². The van der Waals surface area contributed by atoms with Gasteiger partial charge < -0.3 is 30.9 Å². The van der Waals surface area contributed by atoms with Gasteiger partial charge in [0, 0.05) is 31.2 Å². The molecule has 170 valence electrons. The molecule has 1 atom stereocenters. The maximum absolute atomic E-state index is 15.7. The molecule has 1 aromatic heterocycles. The number of fused-ring (bicyclic) bond motifs is 1. The van der Waals surface area contributed by atoms with Crippen molar-refractivity contribution in [1.29, 1.82) is 0 Å². The van der Waals surface area contributed by atoms with Crippen LogP contribution >= 0.6 is 0 Å². The Morgan fingerprint density at radius 3 is 2.59 bits per heavy atom. The summed E-state index contributed by atoms with van der Waals surface area (Å²) in [6.07, 6.45) is 2.71. The first kappa shape index (κ1) is 21.8. The number of hydrogen-bond donors (Lipinski definition) is 3. The molecule has 2 heterocycles. The lowest BCUT2D eigenvalue weighted by Crippen LogP contribution is -2.28. The molecule has 1 aliphatic carbocycles. The summed E-state index contributed by atoms with van der Waals surface area (Å²) in [5.41, 5.74) is 10.7. The van der Waals surface area contributed by atoms with Crippen molar-refractivity contribution in [1.82, 2.24) is 4.57 Å². The standard InChI is InChI=1S/C21H24FN5O5/c1-9(28)14-18-15(20(29)12(21(30)31)7-27(18)11-3-4-11)17(24)16(22)19(14)26-6-10(5-23)13(8-26)25-32-2/h7,10-11H,3-6,8,23-24H2,1-2H3,(H,30,31)/b25-13-. The summed E-state index contributed by atoms with van der Waals surface area (Å²) >= 11 is 0. The van der Waals surface area contributed by atoms with Gasteiger partial charge in [-0.1, -0.05) is 5.16 Å². The minimum absolute atomic E-state index is 0.0120. The Kier molecular flexibility index (Phi) is 5.37. The zero-order chi connectivity index (χ0) is 23.3. The van der Waals surface area contributed by atoms with E-state index in [2.05, 4.69) is 5.16 Å². The SMILES string of the molecule is CO/N=C1/CN(c2c(F)c(N)c3c(=O)c(C(=O)O)cn(C4CC4)c3c2C(C)=O)CC1CN. The average Bonchev–Trinajstić information content (AvgIpc) is 3.50. The summed E-state index contributed by atoms with van der Waals surface area (Å²) in [6, 6.07) is -0.104. The summed E-state index contributed by atoms with van der Waals surface area (Å²) < 4.78 is 17.3. The number of halogens is 1. The van der Waals surface area contributed by atoms with Crippen molar-refractivity contribution in [3.8, 4) is 0 Å². The van der Waals surface area contributed by atoms with Gasteiger partial charge in [-0.3, -0.25) is 9.59 Å². The number of carbonyl (C=O) groups excluding carboxylic acids is 1. The zero-order valence-electron chi connectivity index (χ0n) is 17.7. The number of hydrogen-bond acceptors (Lipinski definition) is 8. The topological polar surface area (TPSA) is 153 Å². The lowest BCUT2D eigenvalue weighted by Gasteiger charge is -2.25. The Labute approximate surface area is 182 Å². The molecule has 2 fully saturated rings. The smallest absolute Gasteiger partial charge is 0.341 e. The molecule has 2 aromatic rings. The van der Waals surface area contributed by atoms with E-state index in [0.29, 0.717) is 5.71 Å². The van der Waals surface area contributed by atoms with Crippen LogP contribution in [0.15, 0.2) is 16.1 Å². The van der Waals surface area contributed by atoms with Gasteiger partial charge in [0.25, 0.3) is 0 Å². The fourth-order valence-corrected chi connectivity index (χ4v) is 4.38. The van der Waals surface area contributed by atoms with E-state index >= 15 is 4.39 Å². The minimum atomic E-state index is -1.44. The summed E-state index contributed by atoms with van der Waals surface area (Å²) in [7, 11) is 1.40. The number of nitrogens with two attached hydrogens (primary N) is 2. The molecule has 2 aliphatic rings. The van der Waals surface area contributed by atoms with E-state index in [4.69, 9.17) is 16.3 Å². The number of benzene rings is 1. The van der Waals surface area contributed by atoms with Gasteiger partial charge in [-0.25, -0.2) is 9.18 Å². The Morgan fingerprint density at radius 2 is 2.06 bits per heavy atom. The van der Waals surface area contributed by atoms with E-state index in [-0.39, 0.29) is 53.7 Å². The predicted molar refractivity (Wildman–Crippen MR) is 117 cm³/mol. The number of aromatic nitrogens is 1. The number of ketones is 1. The quantitative estimate of drug-likeness (QED) is 0.342. The Hall–Kier alpha value is -3.47. The van der Waals surface area contributed by atoms with Gasteiger partial charge in [0.05, 0.1) is 40.1 Å². The number of carboxylic acid groups (broad SMARTS) is 1. The summed E-state index contributed by atoms with van der Waals surface area (Å²) in [6.45, 7) is 1.97. The lowest BCUT2D eigenvalue weighted by molar-refractivity contribution is 0.0694. The second-order valence-corrected chi connectivity index (χ2v) is 8.12. The van der Waals surface area contributed by atoms with Crippen molar-refractivity contribution in [3.63, 3.8) is 0 Å². The molecule has 4 rings (SSSR count). The number of nitrogens with zero attached hydrogens (tertiary/aromatic N) is 3. The van der Waals surface area contributed by atoms with Gasteiger partial charge in [-0.05, 0) is 19.8 Å². The van der Waals surface area contributed by atoms with Crippen LogP contribution in [-0.4, -0.2) is 53.9 Å². The van der Waals surface area contributed by atoms with Gasteiger partial charge >= 0.3 is 5.97 Å². The number of carboxylic acids is 1. The first-order chi connectivity index (χ1) is 15.2. The predicted octanol–water partition coefficient (Wildman–Crippen LogP) is 1.36. The normalized spacial score (nSPS) is 19.7. The highest BCUT2D eigenvalue weighted by Gasteiger charge is 2.37. The van der Waals surface area contributed by atoms with Crippen molar-refractivity contribution >= 4 is 39.7 Å². The lowest BCUT2D eigenvalue weighted by atomic mass is 9.98. The van der Waals surface area contributed by atoms with Crippen molar-refractivity contribution in [2.24, 2.45) is 16.8 Å². The number of rotatable bonds is 6. The molecule has 5 N–H and O–H groups in total. The van der Waals surface area contributed by atoms with E-state index in [9.17, 15) is 19.5 Å². The largest absolute Gasteiger partial charge is 0.477 e. The molecular formula is C21H24FN5O5. The highest BCUT2D eigenvalue weighted by Crippen LogP contribution is 2.43. The van der Waals surface area contributed by atoms with Gasteiger partial charge in [-0.15, -0.1) is 0 Å². The molecule has 1 saturated heterocycles. The van der Waals surface area contributed by atoms with Crippen molar-refractivity contribution in [2.75, 3.05) is 37.4 Å². The third-order valence-electron chi connectivity index (χ3n) is 6.02. The molecular weight excluding hydrogens is 421 g/mol. The molecule has 0 bridgehead atoms. The van der Waals surface area contributed by atoms with E-state index in [0.717, 1.165) is 12.8 Å². The van der Waals surface area contributed by atoms with Crippen LogP contribution < -0.4 is 21.8 Å². The Morgan fingerprint density at radius 1 is 1.38 bits per heavy atom. The van der Waals surface area contributed by atoms with Gasteiger partial charge in [0.1, 0.15) is 12.7 Å².